The molecule has 1 unspecified atom stereocenters. The van der Waals surface area contributed by atoms with E-state index in [9.17, 15) is 4.79 Å². The molecule has 0 bridgehead atoms. The smallest absolute Gasteiger partial charge is 0.150 e. The number of aryl methyl sites for hydroxylation is 2. The van der Waals surface area contributed by atoms with Crippen LogP contribution in [0.3, 0.4) is 0 Å². The van der Waals surface area contributed by atoms with Crippen molar-refractivity contribution < 1.29 is 9.53 Å². The Morgan fingerprint density at radius 3 is 1.40 bits per heavy atom. The number of rotatable bonds is 13. The van der Waals surface area contributed by atoms with Crippen LogP contribution >= 0.6 is 0 Å². The Balaban J connectivity index is 0.000000194. The first kappa shape index (κ1) is 46.0. The molecule has 2 nitrogen and oxygen atoms in total. The molecule has 0 fully saturated rings. The maximum atomic E-state index is 11.4. The largest absolute Gasteiger partial charge is 0.493 e. The van der Waals surface area contributed by atoms with E-state index in [1.54, 1.807) is 0 Å². The van der Waals surface area contributed by atoms with E-state index >= 15 is 0 Å². The van der Waals surface area contributed by atoms with Crippen LogP contribution in [0.2, 0.25) is 0 Å². The molecule has 0 N–H and O–H groups in total. The Morgan fingerprint density at radius 2 is 0.923 bits per heavy atom. The number of hydrogen-bond acceptors (Lipinski definition) is 2. The molecule has 2 heteroatoms. The summed E-state index contributed by atoms with van der Waals surface area (Å²) in [5.41, 5.74) is 20.3. The lowest BCUT2D eigenvalue weighted by Crippen LogP contribution is -2.15. The molecule has 0 aliphatic heterocycles. The van der Waals surface area contributed by atoms with Crippen molar-refractivity contribution in [1.29, 1.82) is 0 Å². The average Bonchev–Trinajstić information content (AvgIpc) is 3.55. The van der Waals surface area contributed by atoms with Crippen LogP contribution in [-0.2, 0) is 5.41 Å². The Bertz CT molecular complexity index is 2850. The Kier molecular flexibility index (Phi) is 14.9. The predicted octanol–water partition coefficient (Wildman–Crippen LogP) is 17.3. The second-order valence-electron chi connectivity index (χ2n) is 17.8. The Labute approximate surface area is 388 Å². The van der Waals surface area contributed by atoms with Gasteiger partial charge in [0.1, 0.15) is 12.0 Å². The third-order valence-corrected chi connectivity index (χ3v) is 12.6. The molecule has 1 aliphatic rings. The lowest BCUT2D eigenvalue weighted by Gasteiger charge is -2.22. The van der Waals surface area contributed by atoms with Crippen molar-refractivity contribution >= 4 is 42.7 Å². The van der Waals surface area contributed by atoms with Crippen molar-refractivity contribution in [1.82, 2.24) is 0 Å². The van der Waals surface area contributed by atoms with Gasteiger partial charge in [-0.3, -0.25) is 4.79 Å². The number of allylic oxidation sites excluding steroid dienone is 2. The molecule has 8 rings (SSSR count). The van der Waals surface area contributed by atoms with Gasteiger partial charge in [-0.15, -0.1) is 0 Å². The van der Waals surface area contributed by atoms with Crippen LogP contribution in [0.4, 0.5) is 0 Å². The molecule has 0 amide bonds. The second-order valence-corrected chi connectivity index (χ2v) is 17.8. The number of aldehydes is 1. The second kappa shape index (κ2) is 21.1. The van der Waals surface area contributed by atoms with Crippen molar-refractivity contribution in [3.8, 4) is 39.1 Å². The number of benzene rings is 7. The van der Waals surface area contributed by atoms with Crippen LogP contribution < -0.4 is 4.74 Å². The quantitative estimate of drug-likeness (QED) is 0.0853. The van der Waals surface area contributed by atoms with Crippen LogP contribution in [0.5, 0.6) is 5.75 Å². The normalized spacial score (nSPS) is 13.2. The monoisotopic (exact) mass is 850 g/mol. The molecule has 1 atom stereocenters. The fourth-order valence-corrected chi connectivity index (χ4v) is 8.30. The van der Waals surface area contributed by atoms with Gasteiger partial charge in [0.05, 0.1) is 6.61 Å². The minimum atomic E-state index is 0.00178. The molecular weight excluding hydrogens is 789 g/mol. The zero-order valence-electron chi connectivity index (χ0n) is 39.4. The van der Waals surface area contributed by atoms with Crippen LogP contribution in [0.25, 0.3) is 69.8 Å². The van der Waals surface area contributed by atoms with Gasteiger partial charge in [-0.25, -0.2) is 0 Å². The summed E-state index contributed by atoms with van der Waals surface area (Å²) in [5, 5.41) is 0. The highest BCUT2D eigenvalue weighted by Crippen LogP contribution is 2.49. The Morgan fingerprint density at radius 1 is 0.508 bits per heavy atom. The number of carbonyl (C=O) groups excluding carboxylic acids is 1. The van der Waals surface area contributed by atoms with E-state index in [1.165, 1.54) is 72.3 Å². The minimum Gasteiger partial charge on any atom is -0.493 e. The molecular formula is C63H62O2. The number of hydrogen-bond donors (Lipinski definition) is 0. The maximum absolute atomic E-state index is 11.4. The summed E-state index contributed by atoms with van der Waals surface area (Å²) < 4.78 is 6.09. The van der Waals surface area contributed by atoms with Crippen LogP contribution in [0.1, 0.15) is 114 Å². The lowest BCUT2D eigenvalue weighted by atomic mass is 9.81. The van der Waals surface area contributed by atoms with E-state index in [0.717, 1.165) is 35.1 Å². The van der Waals surface area contributed by atoms with Crippen molar-refractivity contribution in [2.24, 2.45) is 5.92 Å². The molecule has 0 saturated carbocycles. The molecule has 7 aromatic carbocycles. The zero-order chi connectivity index (χ0) is 45.9. The minimum absolute atomic E-state index is 0.00178. The fourth-order valence-electron chi connectivity index (χ4n) is 8.30. The molecule has 0 radical (unpaired) electrons. The van der Waals surface area contributed by atoms with Gasteiger partial charge in [0.2, 0.25) is 0 Å². The number of carbonyl (C=O) groups is 1. The summed E-state index contributed by atoms with van der Waals surface area (Å²) in [5.74, 6) is 1.31. The van der Waals surface area contributed by atoms with Gasteiger partial charge < -0.3 is 4.74 Å². The standard InChI is InChI=1S/C33H30.C30H32O2/c1-5-6-25-13-19-29-30-20-14-26(22-32(30)33(3,4)31(29)21-25)10-9-24-11-17-28(18-12-24)27-15-7-23(2)8-16-27;1-5-7-24-8-13-26(14-9-24)27-15-10-25(11-16-27)12-17-28-19-29(20-31)23(4)18-30(28)32-21-22(3)6-2/h5-22H,1-4H3;5,7-20,22H,6,21H2,1-4H3/b6-5+,10-9+;7-5+,17-12+. The zero-order valence-corrected chi connectivity index (χ0v) is 39.4. The molecule has 1 aliphatic carbocycles. The predicted molar refractivity (Wildman–Crippen MR) is 281 cm³/mol. The van der Waals surface area contributed by atoms with Crippen molar-refractivity contribution in [2.45, 2.75) is 67.2 Å². The summed E-state index contributed by atoms with van der Waals surface area (Å²) in [6, 6.07) is 52.2. The molecule has 65 heavy (non-hydrogen) atoms. The Hall–Kier alpha value is -7.03. The van der Waals surface area contributed by atoms with Crippen LogP contribution in [0.15, 0.2) is 158 Å². The lowest BCUT2D eigenvalue weighted by molar-refractivity contribution is 0.112. The van der Waals surface area contributed by atoms with Crippen molar-refractivity contribution in [3.05, 3.63) is 219 Å². The van der Waals surface area contributed by atoms with E-state index in [4.69, 9.17) is 4.74 Å². The van der Waals surface area contributed by atoms with E-state index in [-0.39, 0.29) is 5.41 Å². The van der Waals surface area contributed by atoms with Gasteiger partial charge in [0.15, 0.2) is 0 Å². The molecule has 7 aromatic rings. The van der Waals surface area contributed by atoms with E-state index in [1.807, 2.05) is 38.1 Å². The highest BCUT2D eigenvalue weighted by atomic mass is 16.5. The van der Waals surface area contributed by atoms with Crippen molar-refractivity contribution in [3.63, 3.8) is 0 Å². The molecule has 0 spiro atoms. The van der Waals surface area contributed by atoms with Crippen molar-refractivity contribution in [2.75, 3.05) is 6.61 Å². The summed E-state index contributed by atoms with van der Waals surface area (Å²) in [6.45, 7) is 17.9. The van der Waals surface area contributed by atoms with E-state index < -0.39 is 0 Å². The first-order chi connectivity index (χ1) is 31.5. The first-order valence-electron chi connectivity index (χ1n) is 23.0. The third kappa shape index (κ3) is 11.2. The maximum Gasteiger partial charge on any atom is 0.150 e. The van der Waals surface area contributed by atoms with Crippen LogP contribution in [-0.4, -0.2) is 12.9 Å². The first-order valence-corrected chi connectivity index (χ1v) is 23.0. The SMILES string of the molecule is C/C=C/c1ccc(-c2ccc(/C=C/c3cc(C=O)c(C)cc3OCC(C)CC)cc2)cc1.C/C=C/c1ccc2c(c1)C(C)(C)c1cc(/C=C/c3ccc(-c4ccc(C)cc4)cc3)ccc1-2. The highest BCUT2D eigenvalue weighted by molar-refractivity contribution is 5.85. The van der Waals surface area contributed by atoms with E-state index in [2.05, 4.69) is 211 Å². The summed E-state index contributed by atoms with van der Waals surface area (Å²) in [7, 11) is 0. The molecule has 0 saturated heterocycles. The number of fused-ring (bicyclic) bond motifs is 3. The highest BCUT2D eigenvalue weighted by Gasteiger charge is 2.35. The van der Waals surface area contributed by atoms with Gasteiger partial charge in [-0.05, 0) is 124 Å². The summed E-state index contributed by atoms with van der Waals surface area (Å²) >= 11 is 0. The third-order valence-electron chi connectivity index (χ3n) is 12.6. The molecule has 0 aromatic heterocycles. The van der Waals surface area contributed by atoms with Gasteiger partial charge in [0.25, 0.3) is 0 Å². The van der Waals surface area contributed by atoms with Crippen LogP contribution in [0, 0.1) is 19.8 Å². The summed E-state index contributed by atoms with van der Waals surface area (Å²) in [4.78, 5) is 11.4. The molecule has 326 valence electrons. The number of ether oxygens (including phenoxy) is 1. The average molecular weight is 851 g/mol. The van der Waals surface area contributed by atoms with Gasteiger partial charge in [-0.2, -0.15) is 0 Å². The summed E-state index contributed by atoms with van der Waals surface area (Å²) in [6.07, 6.45) is 18.9. The fraction of sp³-hybridized carbons (Fsp3) is 0.190. The van der Waals surface area contributed by atoms with Gasteiger partial charge in [-0.1, -0.05) is 222 Å². The molecule has 0 heterocycles. The van der Waals surface area contributed by atoms with Gasteiger partial charge >= 0.3 is 0 Å². The van der Waals surface area contributed by atoms with Gasteiger partial charge in [0, 0.05) is 16.5 Å². The van der Waals surface area contributed by atoms with E-state index in [0.29, 0.717) is 18.1 Å². The topological polar surface area (TPSA) is 26.3 Å².